The van der Waals surface area contributed by atoms with Crippen LogP contribution in [0, 0.1) is 0 Å². The zero-order valence-corrected chi connectivity index (χ0v) is 24.3. The minimum absolute atomic E-state index is 0.132. The van der Waals surface area contributed by atoms with Gasteiger partial charge in [-0.25, -0.2) is 14.5 Å². The highest BCUT2D eigenvalue weighted by Crippen LogP contribution is 2.36. The van der Waals surface area contributed by atoms with E-state index >= 15 is 0 Å². The van der Waals surface area contributed by atoms with E-state index in [1.54, 1.807) is 36.4 Å². The first kappa shape index (κ1) is 30.4. The fraction of sp³-hybridized carbons (Fsp3) is 0.161. The highest BCUT2D eigenvalue weighted by Gasteiger charge is 2.37. The van der Waals surface area contributed by atoms with E-state index in [1.807, 2.05) is 6.92 Å². The monoisotopic (exact) mass is 608 g/mol. The van der Waals surface area contributed by atoms with Crippen molar-refractivity contribution in [2.24, 2.45) is 0 Å². The molecule has 0 atom stereocenters. The van der Waals surface area contributed by atoms with Gasteiger partial charge >= 0.3 is 12.0 Å². The number of rotatable bonds is 10. The molecule has 1 aliphatic rings. The maximum Gasteiger partial charge on any atom is 0.337 e. The van der Waals surface area contributed by atoms with Crippen LogP contribution in [0.1, 0.15) is 34.0 Å². The maximum atomic E-state index is 13.4. The molecule has 0 unspecified atom stereocenters. The number of benzene rings is 3. The Morgan fingerprint density at radius 1 is 1.00 bits per heavy atom. The van der Waals surface area contributed by atoms with Gasteiger partial charge in [0.25, 0.3) is 11.8 Å². The molecule has 42 heavy (non-hydrogen) atoms. The number of methoxy groups -OCH3 is 1. The minimum Gasteiger partial charge on any atom is -0.490 e. The average Bonchev–Trinajstić information content (AvgIpc) is 2.96. The first-order chi connectivity index (χ1) is 20.2. The number of hydrogen-bond acceptors (Lipinski definition) is 7. The Labute approximate surface area is 252 Å². The number of urea groups is 1. The fourth-order valence-electron chi connectivity index (χ4n) is 4.21. The number of nitrogens with one attached hydrogen (secondary N) is 1. The molecule has 4 amide bonds. The summed E-state index contributed by atoms with van der Waals surface area (Å²) < 4.78 is 16.7. The highest BCUT2D eigenvalue weighted by molar-refractivity contribution is 6.39. The van der Waals surface area contributed by atoms with E-state index in [-0.39, 0.29) is 23.4 Å². The van der Waals surface area contributed by atoms with Crippen molar-refractivity contribution in [1.82, 2.24) is 5.32 Å². The number of amides is 4. The fourth-order valence-corrected chi connectivity index (χ4v) is 4.68. The van der Waals surface area contributed by atoms with Crippen LogP contribution in [-0.2, 0) is 27.4 Å². The number of hydrogen-bond donors (Lipinski definition) is 1. The van der Waals surface area contributed by atoms with Crippen LogP contribution in [0.2, 0.25) is 10.0 Å². The summed E-state index contributed by atoms with van der Waals surface area (Å²) in [5, 5.41) is 3.14. The molecule has 1 saturated heterocycles. The van der Waals surface area contributed by atoms with Crippen LogP contribution in [0.4, 0.5) is 10.5 Å². The standard InChI is InChI=1S/C31H26Cl2N2O7/c1-4-6-20-13-18(15-26(41-5-2)27(20)42-17-21-7-10-22(32)16-25(21)33)14-24-28(36)34-31(39)35(29(24)37)23-11-8-19(9-12-23)30(38)40-3/h4,7-16H,1,5-6,17H2,2-3H3,(H,34,36,39)/b24-14+. The highest BCUT2D eigenvalue weighted by atomic mass is 35.5. The summed E-state index contributed by atoms with van der Waals surface area (Å²) in [6.45, 7) is 6.08. The largest absolute Gasteiger partial charge is 0.490 e. The number of carbonyl (C=O) groups is 4. The minimum atomic E-state index is -0.917. The van der Waals surface area contributed by atoms with Crippen molar-refractivity contribution >= 4 is 58.8 Å². The molecule has 3 aromatic carbocycles. The van der Waals surface area contributed by atoms with Gasteiger partial charge in [0, 0.05) is 21.2 Å². The van der Waals surface area contributed by atoms with Crippen molar-refractivity contribution in [3.05, 3.63) is 105 Å². The number of barbiturate groups is 1. The Hall–Kier alpha value is -4.60. The second-order valence-corrected chi connectivity index (χ2v) is 9.80. The molecule has 3 aromatic rings. The molecule has 1 aliphatic heterocycles. The Morgan fingerprint density at radius 2 is 1.74 bits per heavy atom. The number of allylic oxidation sites excluding steroid dienone is 1. The average molecular weight is 609 g/mol. The number of carbonyl (C=O) groups excluding carboxylic acids is 4. The Kier molecular flexibility index (Phi) is 9.67. The lowest BCUT2D eigenvalue weighted by Gasteiger charge is -2.26. The Bertz CT molecular complexity index is 1600. The van der Waals surface area contributed by atoms with Crippen molar-refractivity contribution in [3.63, 3.8) is 0 Å². The molecule has 216 valence electrons. The number of imide groups is 2. The first-order valence-corrected chi connectivity index (χ1v) is 13.5. The van der Waals surface area contributed by atoms with Crippen LogP contribution >= 0.6 is 23.2 Å². The van der Waals surface area contributed by atoms with E-state index < -0.39 is 23.8 Å². The summed E-state index contributed by atoms with van der Waals surface area (Å²) >= 11 is 12.3. The van der Waals surface area contributed by atoms with Gasteiger partial charge in [0.15, 0.2) is 11.5 Å². The van der Waals surface area contributed by atoms with Crippen LogP contribution in [0.5, 0.6) is 11.5 Å². The lowest BCUT2D eigenvalue weighted by Crippen LogP contribution is -2.54. The van der Waals surface area contributed by atoms with Crippen LogP contribution in [-0.4, -0.2) is 37.5 Å². The molecule has 0 saturated carbocycles. The van der Waals surface area contributed by atoms with Crippen LogP contribution in [0.25, 0.3) is 6.08 Å². The molecule has 1 fully saturated rings. The normalized spacial score (nSPS) is 14.0. The smallest absolute Gasteiger partial charge is 0.337 e. The van der Waals surface area contributed by atoms with E-state index in [9.17, 15) is 19.2 Å². The molecule has 0 aliphatic carbocycles. The van der Waals surface area contributed by atoms with E-state index in [4.69, 9.17) is 32.7 Å². The van der Waals surface area contributed by atoms with E-state index in [0.717, 1.165) is 4.90 Å². The molecule has 0 bridgehead atoms. The second kappa shape index (κ2) is 13.4. The van der Waals surface area contributed by atoms with Gasteiger partial charge in [0.05, 0.1) is 25.0 Å². The SMILES string of the molecule is C=CCc1cc(/C=C2\C(=O)NC(=O)N(c3ccc(C(=O)OC)cc3)C2=O)cc(OCC)c1OCc1ccc(Cl)cc1Cl. The molecular weight excluding hydrogens is 583 g/mol. The number of nitrogens with zero attached hydrogens (tertiary/aromatic N) is 1. The number of halogens is 2. The van der Waals surface area contributed by atoms with Crippen LogP contribution in [0.15, 0.2) is 72.8 Å². The summed E-state index contributed by atoms with van der Waals surface area (Å²) in [5.74, 6) is -1.43. The van der Waals surface area contributed by atoms with Gasteiger partial charge in [-0.05, 0) is 73.5 Å². The molecule has 0 spiro atoms. The van der Waals surface area contributed by atoms with Gasteiger partial charge < -0.3 is 14.2 Å². The lowest BCUT2D eigenvalue weighted by atomic mass is 10.0. The van der Waals surface area contributed by atoms with Crippen LogP contribution in [0.3, 0.4) is 0 Å². The number of anilines is 1. The Balaban J connectivity index is 1.70. The first-order valence-electron chi connectivity index (χ1n) is 12.7. The van der Waals surface area contributed by atoms with Gasteiger partial charge in [-0.3, -0.25) is 14.9 Å². The number of ether oxygens (including phenoxy) is 3. The van der Waals surface area contributed by atoms with Gasteiger partial charge in [-0.2, -0.15) is 0 Å². The molecule has 11 heteroatoms. The third kappa shape index (κ3) is 6.64. The van der Waals surface area contributed by atoms with Crippen molar-refractivity contribution in [1.29, 1.82) is 0 Å². The van der Waals surface area contributed by atoms with Crippen molar-refractivity contribution in [3.8, 4) is 11.5 Å². The van der Waals surface area contributed by atoms with Crippen molar-refractivity contribution in [2.45, 2.75) is 20.0 Å². The summed E-state index contributed by atoms with van der Waals surface area (Å²) in [6, 6.07) is 13.2. The molecular formula is C31H26Cl2N2O7. The lowest BCUT2D eigenvalue weighted by molar-refractivity contribution is -0.122. The van der Waals surface area contributed by atoms with E-state index in [0.29, 0.717) is 51.3 Å². The quantitative estimate of drug-likeness (QED) is 0.127. The molecule has 4 rings (SSSR count). The molecule has 0 radical (unpaired) electrons. The van der Waals surface area contributed by atoms with Crippen molar-refractivity contribution in [2.75, 3.05) is 18.6 Å². The summed E-state index contributed by atoms with van der Waals surface area (Å²) in [6.07, 6.45) is 3.44. The molecule has 9 nitrogen and oxygen atoms in total. The molecule has 0 aromatic heterocycles. The third-order valence-corrected chi connectivity index (χ3v) is 6.75. The van der Waals surface area contributed by atoms with Crippen molar-refractivity contribution < 1.29 is 33.4 Å². The van der Waals surface area contributed by atoms with Gasteiger partial charge in [-0.1, -0.05) is 35.3 Å². The van der Waals surface area contributed by atoms with Gasteiger partial charge in [0.2, 0.25) is 0 Å². The van der Waals surface area contributed by atoms with Gasteiger partial charge in [-0.15, -0.1) is 6.58 Å². The maximum absolute atomic E-state index is 13.4. The summed E-state index contributed by atoms with van der Waals surface area (Å²) in [4.78, 5) is 51.4. The third-order valence-electron chi connectivity index (χ3n) is 6.16. The number of esters is 1. The zero-order chi connectivity index (χ0) is 30.4. The summed E-state index contributed by atoms with van der Waals surface area (Å²) in [7, 11) is 1.24. The van der Waals surface area contributed by atoms with Crippen LogP contribution < -0.4 is 19.7 Å². The second-order valence-electron chi connectivity index (χ2n) is 8.95. The zero-order valence-electron chi connectivity index (χ0n) is 22.7. The molecule has 1 heterocycles. The summed E-state index contributed by atoms with van der Waals surface area (Å²) in [5.41, 5.74) is 1.98. The predicted molar refractivity (Wildman–Crippen MR) is 159 cm³/mol. The Morgan fingerprint density at radius 3 is 2.38 bits per heavy atom. The van der Waals surface area contributed by atoms with E-state index in [1.165, 1.54) is 37.5 Å². The van der Waals surface area contributed by atoms with Gasteiger partial charge in [0.1, 0.15) is 12.2 Å². The predicted octanol–water partition coefficient (Wildman–Crippen LogP) is 6.15. The topological polar surface area (TPSA) is 111 Å². The molecule has 1 N–H and O–H groups in total. The van der Waals surface area contributed by atoms with E-state index in [2.05, 4.69) is 16.6 Å².